The second-order valence-electron chi connectivity index (χ2n) is 8.93. The molecule has 2 N–H and O–H groups in total. The number of amides is 1. The van der Waals surface area contributed by atoms with Crippen LogP contribution in [0.1, 0.15) is 61.3 Å². The van der Waals surface area contributed by atoms with Crippen LogP contribution in [-0.2, 0) is 12.5 Å². The Kier molecular flexibility index (Phi) is 4.97. The van der Waals surface area contributed by atoms with E-state index in [1.165, 1.54) is 5.56 Å². The van der Waals surface area contributed by atoms with Gasteiger partial charge in [0.15, 0.2) is 0 Å². The zero-order chi connectivity index (χ0) is 19.9. The Labute approximate surface area is 166 Å². The Morgan fingerprint density at radius 1 is 1.25 bits per heavy atom. The molecule has 7 heteroatoms. The summed E-state index contributed by atoms with van der Waals surface area (Å²) in [6, 6.07) is 6.45. The van der Waals surface area contributed by atoms with E-state index in [1.807, 2.05) is 30.4 Å². The number of nitrogens with one attached hydrogen (secondary N) is 2. The average molecular weight is 383 g/mol. The molecule has 0 bridgehead atoms. The molecule has 2 fully saturated rings. The van der Waals surface area contributed by atoms with Gasteiger partial charge in [-0.05, 0) is 36.6 Å². The summed E-state index contributed by atoms with van der Waals surface area (Å²) in [5, 5.41) is 4.59. The zero-order valence-electron chi connectivity index (χ0n) is 17.1. The molecule has 0 spiro atoms. The summed E-state index contributed by atoms with van der Waals surface area (Å²) in [4.78, 5) is 19.6. The van der Waals surface area contributed by atoms with E-state index in [0.29, 0.717) is 11.6 Å². The Hall–Kier alpha value is -2.25. The maximum absolute atomic E-state index is 13.4. The van der Waals surface area contributed by atoms with E-state index in [2.05, 4.69) is 53.8 Å². The predicted octanol–water partition coefficient (Wildman–Crippen LogP) is 1.98. The van der Waals surface area contributed by atoms with Crippen molar-refractivity contribution < 1.29 is 4.79 Å². The Morgan fingerprint density at radius 3 is 2.68 bits per heavy atom. The van der Waals surface area contributed by atoms with Crippen molar-refractivity contribution in [3.63, 3.8) is 0 Å². The van der Waals surface area contributed by atoms with Crippen molar-refractivity contribution in [1.82, 2.24) is 30.5 Å². The predicted molar refractivity (Wildman–Crippen MR) is 108 cm³/mol. The van der Waals surface area contributed by atoms with Gasteiger partial charge in [0, 0.05) is 55.9 Å². The molecule has 2 aromatic rings. The van der Waals surface area contributed by atoms with Crippen molar-refractivity contribution in [3.05, 3.63) is 47.5 Å². The molecule has 4 rings (SSSR count). The molecule has 0 radical (unpaired) electrons. The van der Waals surface area contributed by atoms with E-state index in [-0.39, 0.29) is 23.4 Å². The van der Waals surface area contributed by atoms with Gasteiger partial charge in [0.1, 0.15) is 5.69 Å². The third kappa shape index (κ3) is 3.44. The molecule has 3 atom stereocenters. The number of hydrogen-bond donors (Lipinski definition) is 2. The van der Waals surface area contributed by atoms with Crippen LogP contribution in [0, 0.1) is 0 Å². The molecule has 2 aliphatic rings. The van der Waals surface area contributed by atoms with Crippen LogP contribution in [0.25, 0.3) is 0 Å². The van der Waals surface area contributed by atoms with Gasteiger partial charge in [0.05, 0.1) is 5.69 Å². The van der Waals surface area contributed by atoms with Crippen molar-refractivity contribution in [2.24, 2.45) is 7.05 Å². The number of carbonyl (C=O) groups excluding carboxylic acids is 1. The first-order valence-corrected chi connectivity index (χ1v) is 10.1. The maximum atomic E-state index is 13.4. The van der Waals surface area contributed by atoms with Crippen molar-refractivity contribution in [1.29, 1.82) is 0 Å². The highest BCUT2D eigenvalue weighted by Gasteiger charge is 2.42. The van der Waals surface area contributed by atoms with Gasteiger partial charge in [-0.3, -0.25) is 25.3 Å². The van der Waals surface area contributed by atoms with Crippen LogP contribution in [0.2, 0.25) is 0 Å². The lowest BCUT2D eigenvalue weighted by molar-refractivity contribution is 0.0693. The van der Waals surface area contributed by atoms with Crippen molar-refractivity contribution >= 4 is 5.91 Å². The molecule has 2 aliphatic heterocycles. The summed E-state index contributed by atoms with van der Waals surface area (Å²) in [6.07, 6.45) is 5.72. The van der Waals surface area contributed by atoms with Crippen molar-refractivity contribution in [2.45, 2.75) is 57.0 Å². The summed E-state index contributed by atoms with van der Waals surface area (Å²) >= 11 is 0. The molecule has 4 heterocycles. The van der Waals surface area contributed by atoms with E-state index in [1.54, 1.807) is 4.68 Å². The van der Waals surface area contributed by atoms with Gasteiger partial charge in [0.2, 0.25) is 0 Å². The number of hydrogen-bond acceptors (Lipinski definition) is 5. The van der Waals surface area contributed by atoms with Crippen molar-refractivity contribution in [3.8, 4) is 0 Å². The topological polar surface area (TPSA) is 75.1 Å². The fourth-order valence-corrected chi connectivity index (χ4v) is 4.41. The maximum Gasteiger partial charge on any atom is 0.272 e. The number of nitrogens with zero attached hydrogens (tertiary/aromatic N) is 4. The lowest BCUT2D eigenvalue weighted by atomic mass is 9.88. The largest absolute Gasteiger partial charge is 0.333 e. The molecule has 2 saturated heterocycles. The van der Waals surface area contributed by atoms with Crippen molar-refractivity contribution in [2.75, 3.05) is 13.1 Å². The molecule has 0 saturated carbocycles. The highest BCUT2D eigenvalue weighted by Crippen LogP contribution is 2.32. The summed E-state index contributed by atoms with van der Waals surface area (Å²) in [5.74, 6) is 0.397. The summed E-state index contributed by atoms with van der Waals surface area (Å²) < 4.78 is 1.74. The van der Waals surface area contributed by atoms with E-state index >= 15 is 0 Å². The molecule has 7 nitrogen and oxygen atoms in total. The van der Waals surface area contributed by atoms with Gasteiger partial charge >= 0.3 is 0 Å². The second kappa shape index (κ2) is 7.29. The number of hydrazine groups is 1. The highest BCUT2D eigenvalue weighted by atomic mass is 16.2. The number of aromatic nitrogens is 3. The summed E-state index contributed by atoms with van der Waals surface area (Å²) in [6.45, 7) is 8.01. The van der Waals surface area contributed by atoms with Gasteiger partial charge in [-0.1, -0.05) is 20.8 Å². The van der Waals surface area contributed by atoms with Gasteiger partial charge in [-0.15, -0.1) is 0 Å². The summed E-state index contributed by atoms with van der Waals surface area (Å²) in [7, 11) is 1.86. The Morgan fingerprint density at radius 2 is 2.00 bits per heavy atom. The molecular formula is C21H30N6O. The molecule has 2 aromatic heterocycles. The monoisotopic (exact) mass is 382 g/mol. The lowest BCUT2D eigenvalue weighted by Crippen LogP contribution is -2.50. The molecule has 150 valence electrons. The van der Waals surface area contributed by atoms with E-state index in [4.69, 9.17) is 0 Å². The molecule has 0 aromatic carbocycles. The number of pyridine rings is 1. The number of aryl methyl sites for hydroxylation is 1. The van der Waals surface area contributed by atoms with Crippen LogP contribution >= 0.6 is 0 Å². The first-order chi connectivity index (χ1) is 13.4. The second-order valence-corrected chi connectivity index (χ2v) is 8.93. The third-order valence-corrected chi connectivity index (χ3v) is 6.00. The van der Waals surface area contributed by atoms with Gasteiger partial charge in [0.25, 0.3) is 5.91 Å². The molecular weight excluding hydrogens is 352 g/mol. The Balaban J connectivity index is 1.58. The fourth-order valence-electron chi connectivity index (χ4n) is 4.41. The Bertz CT molecular complexity index is 840. The van der Waals surface area contributed by atoms with Crippen LogP contribution in [-0.4, -0.2) is 50.7 Å². The molecule has 0 aliphatic carbocycles. The third-order valence-electron chi connectivity index (χ3n) is 6.00. The van der Waals surface area contributed by atoms with Gasteiger partial charge in [-0.2, -0.15) is 5.10 Å². The minimum absolute atomic E-state index is 0.0789. The summed E-state index contributed by atoms with van der Waals surface area (Å²) in [5.41, 5.74) is 9.54. The minimum Gasteiger partial charge on any atom is -0.333 e. The van der Waals surface area contributed by atoms with Crippen LogP contribution in [0.3, 0.4) is 0 Å². The van der Waals surface area contributed by atoms with Gasteiger partial charge in [-0.25, -0.2) is 0 Å². The number of rotatable bonds is 3. The quantitative estimate of drug-likeness (QED) is 0.849. The first kappa shape index (κ1) is 19.1. The van der Waals surface area contributed by atoms with Crippen LogP contribution < -0.4 is 10.9 Å². The normalized spacial score (nSPS) is 25.4. The molecule has 1 amide bonds. The standard InChI is InChI=1S/C21H30N6O/c1-21(2,3)18-12-17(26(4)25-18)20(28)27-11-5-6-16(27)19-15(13-23-24-19)14-7-9-22-10-8-14/h7-10,12,15-16,19,23-24H,5-6,11,13H2,1-4H3. The molecule has 28 heavy (non-hydrogen) atoms. The highest BCUT2D eigenvalue weighted by molar-refractivity contribution is 5.93. The van der Waals surface area contributed by atoms with Crippen LogP contribution in [0.5, 0.6) is 0 Å². The minimum atomic E-state index is -0.0793. The first-order valence-electron chi connectivity index (χ1n) is 10.1. The van der Waals surface area contributed by atoms with Crippen LogP contribution in [0.15, 0.2) is 30.6 Å². The number of likely N-dealkylation sites (tertiary alicyclic amines) is 1. The average Bonchev–Trinajstić information content (AvgIpc) is 3.39. The van der Waals surface area contributed by atoms with Gasteiger partial charge < -0.3 is 4.90 Å². The number of carbonyl (C=O) groups is 1. The smallest absolute Gasteiger partial charge is 0.272 e. The van der Waals surface area contributed by atoms with E-state index in [0.717, 1.165) is 31.6 Å². The van der Waals surface area contributed by atoms with Crippen LogP contribution in [0.4, 0.5) is 0 Å². The zero-order valence-corrected chi connectivity index (χ0v) is 17.1. The van der Waals surface area contributed by atoms with E-state index < -0.39 is 0 Å². The molecule has 3 unspecified atom stereocenters. The fraction of sp³-hybridized carbons (Fsp3) is 0.571. The van der Waals surface area contributed by atoms with E-state index in [9.17, 15) is 4.79 Å². The SMILES string of the molecule is Cn1nc(C(C)(C)C)cc1C(=O)N1CCCC1C1NNCC1c1ccncc1. The lowest BCUT2D eigenvalue weighted by Gasteiger charge is -2.32.